The second kappa shape index (κ2) is 5.66. The van der Waals surface area contributed by atoms with Crippen molar-refractivity contribution >= 4 is 17.3 Å². The predicted molar refractivity (Wildman–Crippen MR) is 70.1 cm³/mol. The highest BCUT2D eigenvalue weighted by atomic mass is 32.1. The summed E-state index contributed by atoms with van der Waals surface area (Å²) in [7, 11) is 0. The minimum absolute atomic E-state index is 0.247. The van der Waals surface area contributed by atoms with Gasteiger partial charge in [0.2, 0.25) is 0 Å². The molecule has 0 aliphatic carbocycles. The molecule has 0 saturated carbocycles. The standard InChI is InChI=1S/C14H11F3O2S/c15-14(16,17)11-3-1-2-9(8-11)4-5-10-6-7-20-12(10)13(18)19/h1-3,6-8H,4-5H2,(H,18,19). The van der Waals surface area contributed by atoms with Gasteiger partial charge >= 0.3 is 12.1 Å². The van der Waals surface area contributed by atoms with E-state index in [0.717, 1.165) is 23.5 Å². The molecule has 1 aromatic heterocycles. The normalized spacial score (nSPS) is 11.6. The van der Waals surface area contributed by atoms with Gasteiger partial charge in [0.25, 0.3) is 0 Å². The minimum atomic E-state index is -4.36. The molecule has 0 aliphatic rings. The van der Waals surface area contributed by atoms with Gasteiger partial charge < -0.3 is 5.11 Å². The van der Waals surface area contributed by atoms with Gasteiger partial charge in [-0.1, -0.05) is 18.2 Å². The third-order valence-electron chi connectivity index (χ3n) is 2.88. The predicted octanol–water partition coefficient (Wildman–Crippen LogP) is 4.25. The molecule has 0 radical (unpaired) electrons. The summed E-state index contributed by atoms with van der Waals surface area (Å²) < 4.78 is 37.7. The summed E-state index contributed by atoms with van der Waals surface area (Å²) >= 11 is 1.12. The number of halogens is 3. The van der Waals surface area contributed by atoms with Crippen LogP contribution >= 0.6 is 11.3 Å². The van der Waals surface area contributed by atoms with Crippen molar-refractivity contribution < 1.29 is 23.1 Å². The molecule has 0 aliphatic heterocycles. The molecule has 0 fully saturated rings. The van der Waals surface area contributed by atoms with E-state index in [0.29, 0.717) is 24.0 Å². The zero-order valence-corrected chi connectivity index (χ0v) is 11.1. The quantitative estimate of drug-likeness (QED) is 0.916. The molecular formula is C14H11F3O2S. The van der Waals surface area contributed by atoms with E-state index in [2.05, 4.69) is 0 Å². The van der Waals surface area contributed by atoms with E-state index in [4.69, 9.17) is 5.11 Å². The van der Waals surface area contributed by atoms with Gasteiger partial charge in [0, 0.05) is 0 Å². The number of carboxylic acids is 1. The molecule has 1 aromatic carbocycles. The largest absolute Gasteiger partial charge is 0.477 e. The molecule has 0 amide bonds. The zero-order chi connectivity index (χ0) is 14.8. The number of carboxylic acid groups (broad SMARTS) is 1. The summed E-state index contributed by atoms with van der Waals surface area (Å²) in [6.07, 6.45) is -3.57. The molecule has 2 rings (SSSR count). The summed E-state index contributed by atoms with van der Waals surface area (Å²) in [5.41, 5.74) is 0.515. The van der Waals surface area contributed by atoms with Crippen molar-refractivity contribution in [2.45, 2.75) is 19.0 Å². The third kappa shape index (κ3) is 3.39. The number of aryl methyl sites for hydroxylation is 2. The lowest BCUT2D eigenvalue weighted by Crippen LogP contribution is -2.05. The first kappa shape index (κ1) is 14.6. The van der Waals surface area contributed by atoms with Crippen molar-refractivity contribution in [1.29, 1.82) is 0 Å². The van der Waals surface area contributed by atoms with Crippen LogP contribution in [-0.4, -0.2) is 11.1 Å². The van der Waals surface area contributed by atoms with Crippen molar-refractivity contribution in [2.75, 3.05) is 0 Å². The minimum Gasteiger partial charge on any atom is -0.477 e. The molecule has 106 valence electrons. The number of rotatable bonds is 4. The Kier molecular flexibility index (Phi) is 4.13. The van der Waals surface area contributed by atoms with Crippen molar-refractivity contribution in [2.24, 2.45) is 0 Å². The van der Waals surface area contributed by atoms with E-state index in [9.17, 15) is 18.0 Å². The van der Waals surface area contributed by atoms with Crippen LogP contribution in [0.1, 0.15) is 26.4 Å². The number of thiophene rings is 1. The Morgan fingerprint density at radius 3 is 2.60 bits per heavy atom. The molecule has 2 nitrogen and oxygen atoms in total. The molecule has 2 aromatic rings. The smallest absolute Gasteiger partial charge is 0.416 e. The second-order valence-electron chi connectivity index (χ2n) is 4.28. The highest BCUT2D eigenvalue weighted by molar-refractivity contribution is 7.12. The molecule has 6 heteroatoms. The lowest BCUT2D eigenvalue weighted by Gasteiger charge is -2.08. The number of hydrogen-bond acceptors (Lipinski definition) is 2. The molecule has 0 saturated heterocycles. The van der Waals surface area contributed by atoms with Crippen LogP contribution in [0, 0.1) is 0 Å². The van der Waals surface area contributed by atoms with Crippen molar-refractivity contribution in [3.8, 4) is 0 Å². The summed E-state index contributed by atoms with van der Waals surface area (Å²) in [6, 6.07) is 6.80. The van der Waals surface area contributed by atoms with E-state index >= 15 is 0 Å². The maximum atomic E-state index is 12.6. The Morgan fingerprint density at radius 1 is 1.20 bits per heavy atom. The Bertz CT molecular complexity index is 617. The molecular weight excluding hydrogens is 289 g/mol. The summed E-state index contributed by atoms with van der Waals surface area (Å²) in [5.74, 6) is -1.00. The fraction of sp³-hybridized carbons (Fsp3) is 0.214. The first-order valence-electron chi connectivity index (χ1n) is 5.83. The van der Waals surface area contributed by atoms with E-state index in [-0.39, 0.29) is 4.88 Å². The van der Waals surface area contributed by atoms with Crippen LogP contribution in [0.3, 0.4) is 0 Å². The molecule has 0 spiro atoms. The monoisotopic (exact) mass is 300 g/mol. The van der Waals surface area contributed by atoms with Gasteiger partial charge in [-0.05, 0) is 41.5 Å². The molecule has 1 heterocycles. The van der Waals surface area contributed by atoms with Crippen molar-refractivity contribution in [1.82, 2.24) is 0 Å². The van der Waals surface area contributed by atoms with Gasteiger partial charge in [-0.25, -0.2) is 4.79 Å². The van der Waals surface area contributed by atoms with Crippen LogP contribution in [0.25, 0.3) is 0 Å². The number of aromatic carboxylic acids is 1. The molecule has 0 bridgehead atoms. The van der Waals surface area contributed by atoms with Crippen LogP contribution in [0.2, 0.25) is 0 Å². The maximum absolute atomic E-state index is 12.6. The van der Waals surface area contributed by atoms with Gasteiger partial charge in [0.05, 0.1) is 5.56 Å². The Balaban J connectivity index is 2.11. The van der Waals surface area contributed by atoms with Gasteiger partial charge in [-0.15, -0.1) is 11.3 Å². The average Bonchev–Trinajstić information content (AvgIpc) is 2.84. The Morgan fingerprint density at radius 2 is 1.95 bits per heavy atom. The summed E-state index contributed by atoms with van der Waals surface area (Å²) in [5, 5.41) is 10.6. The Labute approximate surface area is 117 Å². The molecule has 20 heavy (non-hydrogen) atoms. The lowest BCUT2D eigenvalue weighted by molar-refractivity contribution is -0.137. The molecule has 1 N–H and O–H groups in total. The van der Waals surface area contributed by atoms with E-state index in [1.54, 1.807) is 17.5 Å². The number of benzene rings is 1. The lowest BCUT2D eigenvalue weighted by atomic mass is 10.0. The van der Waals surface area contributed by atoms with Crippen LogP contribution in [0.4, 0.5) is 13.2 Å². The first-order valence-corrected chi connectivity index (χ1v) is 6.71. The first-order chi connectivity index (χ1) is 9.38. The maximum Gasteiger partial charge on any atom is 0.416 e. The summed E-state index contributed by atoms with van der Waals surface area (Å²) in [6.45, 7) is 0. The van der Waals surface area contributed by atoms with Gasteiger partial charge in [-0.2, -0.15) is 13.2 Å². The highest BCUT2D eigenvalue weighted by Gasteiger charge is 2.30. The van der Waals surface area contributed by atoms with Gasteiger partial charge in [0.15, 0.2) is 0 Å². The molecule has 0 unspecified atom stereocenters. The van der Waals surface area contributed by atoms with Crippen molar-refractivity contribution in [3.05, 3.63) is 57.3 Å². The number of carbonyl (C=O) groups is 1. The third-order valence-corrected chi connectivity index (χ3v) is 3.82. The zero-order valence-electron chi connectivity index (χ0n) is 10.3. The fourth-order valence-electron chi connectivity index (χ4n) is 1.90. The van der Waals surface area contributed by atoms with E-state index in [1.165, 1.54) is 6.07 Å². The average molecular weight is 300 g/mol. The number of alkyl halides is 3. The SMILES string of the molecule is O=C(O)c1sccc1CCc1cccc(C(F)(F)F)c1. The van der Waals surface area contributed by atoms with Crippen molar-refractivity contribution in [3.63, 3.8) is 0 Å². The fourth-order valence-corrected chi connectivity index (χ4v) is 2.69. The Hall–Kier alpha value is -1.82. The highest BCUT2D eigenvalue weighted by Crippen LogP contribution is 2.30. The van der Waals surface area contributed by atoms with Gasteiger partial charge in [-0.3, -0.25) is 0 Å². The van der Waals surface area contributed by atoms with Crippen LogP contribution in [0.5, 0.6) is 0 Å². The van der Waals surface area contributed by atoms with E-state index in [1.807, 2.05) is 0 Å². The van der Waals surface area contributed by atoms with Crippen LogP contribution in [0.15, 0.2) is 35.7 Å². The van der Waals surface area contributed by atoms with Crippen LogP contribution in [-0.2, 0) is 19.0 Å². The number of hydrogen-bond donors (Lipinski definition) is 1. The van der Waals surface area contributed by atoms with Gasteiger partial charge in [0.1, 0.15) is 4.88 Å². The van der Waals surface area contributed by atoms with Crippen LogP contribution < -0.4 is 0 Å². The topological polar surface area (TPSA) is 37.3 Å². The second-order valence-corrected chi connectivity index (χ2v) is 5.19. The van der Waals surface area contributed by atoms with E-state index < -0.39 is 17.7 Å². The summed E-state index contributed by atoms with van der Waals surface area (Å²) in [4.78, 5) is 11.2. The molecule has 0 atom stereocenters.